The van der Waals surface area contributed by atoms with Crippen LogP contribution in [0.5, 0.6) is 0 Å². The molecule has 1 aromatic rings. The van der Waals surface area contributed by atoms with E-state index in [2.05, 4.69) is 20.3 Å². The van der Waals surface area contributed by atoms with Crippen LogP contribution in [0.4, 0.5) is 17.5 Å². The van der Waals surface area contributed by atoms with Crippen LogP contribution in [0.1, 0.15) is 0 Å². The fourth-order valence-electron chi connectivity index (χ4n) is 1.47. The lowest BCUT2D eigenvalue weighted by molar-refractivity contribution is -0.122. The molecule has 0 fully saturated rings. The Hall–Kier alpha value is -2.26. The standard InChI is InChI=1S/C9H11N5O4/c10-9-13-7-5(8(18)14-9)12-3(1-11-7)6(17)4(16)2-15/h4,15-16H,1-2H2,(H4,10,11,13,14,18)/t4-/m0/s1. The fourth-order valence-corrected chi connectivity index (χ4v) is 1.47. The van der Waals surface area contributed by atoms with Crippen molar-refractivity contribution in [2.75, 3.05) is 24.2 Å². The topological polar surface area (TPSA) is 154 Å². The van der Waals surface area contributed by atoms with Crippen LogP contribution in [-0.2, 0) is 4.79 Å². The minimum atomic E-state index is -1.55. The summed E-state index contributed by atoms with van der Waals surface area (Å²) in [5, 5.41) is 20.6. The average molecular weight is 253 g/mol. The number of fused-ring (bicyclic) bond motifs is 1. The molecule has 18 heavy (non-hydrogen) atoms. The molecule has 1 aliphatic heterocycles. The SMILES string of the molecule is Nc1nc2c(c(=O)[nH]1)N=C(C(=O)[C@@H](O)CO)CN2. The van der Waals surface area contributed by atoms with E-state index in [0.29, 0.717) is 0 Å². The number of rotatable bonds is 3. The van der Waals surface area contributed by atoms with Crippen molar-refractivity contribution < 1.29 is 15.0 Å². The highest BCUT2D eigenvalue weighted by Gasteiger charge is 2.25. The zero-order valence-electron chi connectivity index (χ0n) is 9.17. The molecule has 96 valence electrons. The molecule has 0 bridgehead atoms. The normalized spacial score (nSPS) is 15.3. The van der Waals surface area contributed by atoms with E-state index in [0.717, 1.165) is 0 Å². The first-order chi connectivity index (χ1) is 8.52. The van der Waals surface area contributed by atoms with E-state index in [1.54, 1.807) is 0 Å². The van der Waals surface area contributed by atoms with Crippen molar-refractivity contribution in [3.63, 3.8) is 0 Å². The Morgan fingerprint density at radius 2 is 2.28 bits per heavy atom. The van der Waals surface area contributed by atoms with Gasteiger partial charge in [0.2, 0.25) is 11.7 Å². The van der Waals surface area contributed by atoms with E-state index in [4.69, 9.17) is 10.8 Å². The van der Waals surface area contributed by atoms with Gasteiger partial charge in [-0.15, -0.1) is 0 Å². The molecule has 1 aliphatic rings. The number of hydrogen-bond donors (Lipinski definition) is 5. The molecule has 9 heteroatoms. The highest BCUT2D eigenvalue weighted by atomic mass is 16.3. The van der Waals surface area contributed by atoms with E-state index in [1.807, 2.05) is 0 Å². The Kier molecular flexibility index (Phi) is 3.08. The quantitative estimate of drug-likeness (QED) is 0.408. The minimum Gasteiger partial charge on any atom is -0.393 e. The largest absolute Gasteiger partial charge is 0.393 e. The third-order valence-corrected chi connectivity index (χ3v) is 2.34. The summed E-state index contributed by atoms with van der Waals surface area (Å²) in [5.74, 6) is -0.634. The number of carbonyl (C=O) groups is 1. The number of aliphatic hydroxyl groups excluding tert-OH is 2. The number of nitrogen functional groups attached to an aromatic ring is 1. The van der Waals surface area contributed by atoms with E-state index in [9.17, 15) is 14.7 Å². The summed E-state index contributed by atoms with van der Waals surface area (Å²) in [5.41, 5.74) is 4.63. The van der Waals surface area contributed by atoms with Gasteiger partial charge in [0.15, 0.2) is 11.5 Å². The number of aliphatic hydroxyl groups is 2. The van der Waals surface area contributed by atoms with Crippen molar-refractivity contribution in [2.24, 2.45) is 4.99 Å². The van der Waals surface area contributed by atoms with Gasteiger partial charge in [-0.1, -0.05) is 0 Å². The Bertz CT molecular complexity index is 579. The van der Waals surface area contributed by atoms with Gasteiger partial charge < -0.3 is 21.3 Å². The Morgan fingerprint density at radius 1 is 1.56 bits per heavy atom. The van der Waals surface area contributed by atoms with Crippen LogP contribution in [-0.4, -0.2) is 50.9 Å². The highest BCUT2D eigenvalue weighted by molar-refractivity contribution is 6.43. The first-order valence-corrected chi connectivity index (χ1v) is 5.07. The predicted molar refractivity (Wildman–Crippen MR) is 63.0 cm³/mol. The molecule has 2 rings (SSSR count). The van der Waals surface area contributed by atoms with Gasteiger partial charge in [-0.2, -0.15) is 4.98 Å². The number of nitrogens with two attached hydrogens (primary N) is 1. The first-order valence-electron chi connectivity index (χ1n) is 5.07. The summed E-state index contributed by atoms with van der Waals surface area (Å²) in [7, 11) is 0. The van der Waals surface area contributed by atoms with Crippen molar-refractivity contribution in [2.45, 2.75) is 6.10 Å². The van der Waals surface area contributed by atoms with Crippen LogP contribution < -0.4 is 16.6 Å². The van der Waals surface area contributed by atoms with Gasteiger partial charge in [0.1, 0.15) is 11.8 Å². The minimum absolute atomic E-state index is 0.00120. The number of carbonyl (C=O) groups excluding carboxylic acids is 1. The van der Waals surface area contributed by atoms with Crippen molar-refractivity contribution in [1.29, 1.82) is 0 Å². The Labute approximate surface area is 100 Å². The molecule has 0 saturated carbocycles. The lowest BCUT2D eigenvalue weighted by atomic mass is 10.1. The lowest BCUT2D eigenvalue weighted by Gasteiger charge is -2.16. The fraction of sp³-hybridized carbons (Fsp3) is 0.333. The number of hydrogen-bond acceptors (Lipinski definition) is 8. The van der Waals surface area contributed by atoms with Crippen LogP contribution in [0.25, 0.3) is 0 Å². The second-order valence-corrected chi connectivity index (χ2v) is 3.62. The number of aromatic nitrogens is 2. The van der Waals surface area contributed by atoms with Gasteiger partial charge in [-0.05, 0) is 0 Å². The van der Waals surface area contributed by atoms with Crippen LogP contribution >= 0.6 is 0 Å². The smallest absolute Gasteiger partial charge is 0.280 e. The summed E-state index contributed by atoms with van der Waals surface area (Å²) in [6.07, 6.45) is -1.55. The molecular formula is C9H11N5O4. The lowest BCUT2D eigenvalue weighted by Crippen LogP contribution is -2.37. The number of nitrogens with one attached hydrogen (secondary N) is 2. The Morgan fingerprint density at radius 3 is 2.94 bits per heavy atom. The monoisotopic (exact) mass is 253 g/mol. The molecule has 6 N–H and O–H groups in total. The molecule has 0 aromatic carbocycles. The van der Waals surface area contributed by atoms with Gasteiger partial charge in [-0.3, -0.25) is 14.6 Å². The van der Waals surface area contributed by atoms with Crippen LogP contribution in [0.15, 0.2) is 9.79 Å². The number of aromatic amines is 1. The van der Waals surface area contributed by atoms with Crippen molar-refractivity contribution in [1.82, 2.24) is 9.97 Å². The number of anilines is 2. The summed E-state index contributed by atoms with van der Waals surface area (Å²) >= 11 is 0. The van der Waals surface area contributed by atoms with Crippen molar-refractivity contribution in [3.8, 4) is 0 Å². The number of H-pyrrole nitrogens is 1. The second kappa shape index (κ2) is 4.55. The van der Waals surface area contributed by atoms with Gasteiger partial charge in [0.25, 0.3) is 5.56 Å². The Balaban J connectivity index is 2.42. The van der Waals surface area contributed by atoms with E-state index < -0.39 is 24.1 Å². The maximum absolute atomic E-state index is 11.6. The molecule has 0 radical (unpaired) electrons. The molecule has 1 atom stereocenters. The van der Waals surface area contributed by atoms with E-state index in [-0.39, 0.29) is 29.7 Å². The van der Waals surface area contributed by atoms with Gasteiger partial charge in [-0.25, -0.2) is 4.99 Å². The maximum atomic E-state index is 11.6. The molecule has 0 spiro atoms. The van der Waals surface area contributed by atoms with E-state index in [1.165, 1.54) is 0 Å². The van der Waals surface area contributed by atoms with Crippen LogP contribution in [0.2, 0.25) is 0 Å². The summed E-state index contributed by atoms with van der Waals surface area (Å²) in [6.45, 7) is -0.708. The highest BCUT2D eigenvalue weighted by Crippen LogP contribution is 2.21. The predicted octanol–water partition coefficient (Wildman–Crippen LogP) is -2.23. The number of nitrogens with zero attached hydrogens (tertiary/aromatic N) is 2. The van der Waals surface area contributed by atoms with Crippen molar-refractivity contribution in [3.05, 3.63) is 10.4 Å². The summed E-state index contributed by atoms with van der Waals surface area (Å²) in [6, 6.07) is 0. The van der Waals surface area contributed by atoms with Gasteiger partial charge in [0.05, 0.1) is 13.2 Å². The number of ketones is 1. The van der Waals surface area contributed by atoms with Crippen molar-refractivity contribution >= 4 is 28.9 Å². The molecule has 0 saturated heterocycles. The number of aliphatic imine (C=N–C) groups is 1. The number of Topliss-reactive ketones (excluding diaryl/α,β-unsaturated/α-hetero) is 1. The molecule has 0 aliphatic carbocycles. The zero-order valence-corrected chi connectivity index (χ0v) is 9.17. The average Bonchev–Trinajstić information content (AvgIpc) is 2.36. The first kappa shape index (κ1) is 12.2. The van der Waals surface area contributed by atoms with Crippen LogP contribution in [0.3, 0.4) is 0 Å². The molecule has 1 aromatic heterocycles. The molecular weight excluding hydrogens is 242 g/mol. The third kappa shape index (κ3) is 2.08. The maximum Gasteiger partial charge on any atom is 0.280 e. The van der Waals surface area contributed by atoms with Crippen LogP contribution in [0, 0.1) is 0 Å². The summed E-state index contributed by atoms with van der Waals surface area (Å²) in [4.78, 5) is 33.0. The molecule has 9 nitrogen and oxygen atoms in total. The molecule has 0 unspecified atom stereocenters. The zero-order chi connectivity index (χ0) is 13.3. The second-order valence-electron chi connectivity index (χ2n) is 3.62. The summed E-state index contributed by atoms with van der Waals surface area (Å²) < 4.78 is 0. The van der Waals surface area contributed by atoms with Gasteiger partial charge in [0, 0.05) is 0 Å². The molecule has 0 amide bonds. The third-order valence-electron chi connectivity index (χ3n) is 2.34. The van der Waals surface area contributed by atoms with E-state index >= 15 is 0 Å². The van der Waals surface area contributed by atoms with Gasteiger partial charge >= 0.3 is 0 Å². The molecule has 2 heterocycles.